The summed E-state index contributed by atoms with van der Waals surface area (Å²) in [6.07, 6.45) is 0.381. The number of nitrogens with one attached hydrogen (secondary N) is 1. The highest BCUT2D eigenvalue weighted by molar-refractivity contribution is 6.30. The quantitative estimate of drug-likeness (QED) is 0.424. The topological polar surface area (TPSA) is 58.6 Å². The monoisotopic (exact) mass is 492 g/mol. The van der Waals surface area contributed by atoms with E-state index in [9.17, 15) is 9.59 Å². The molecule has 0 saturated carbocycles. The second-order valence-electron chi connectivity index (χ2n) is 9.65. The maximum absolute atomic E-state index is 13.6. The van der Waals surface area contributed by atoms with Crippen molar-refractivity contribution in [3.63, 3.8) is 0 Å². The average Bonchev–Trinajstić information content (AvgIpc) is 2.81. The van der Waals surface area contributed by atoms with Gasteiger partial charge in [-0.1, -0.05) is 72.3 Å². The zero-order valence-electron chi connectivity index (χ0n) is 20.8. The van der Waals surface area contributed by atoms with E-state index in [1.54, 1.807) is 17.0 Å². The van der Waals surface area contributed by atoms with Crippen LogP contribution in [0, 0.1) is 6.92 Å². The molecule has 35 heavy (non-hydrogen) atoms. The first kappa shape index (κ1) is 26.3. The van der Waals surface area contributed by atoms with Gasteiger partial charge in [0.2, 0.25) is 5.91 Å². The third-order valence-electron chi connectivity index (χ3n) is 5.48. The van der Waals surface area contributed by atoms with E-state index < -0.39 is 11.6 Å². The summed E-state index contributed by atoms with van der Waals surface area (Å²) in [5.41, 5.74) is 2.34. The van der Waals surface area contributed by atoms with E-state index in [4.69, 9.17) is 16.3 Å². The SMILES string of the molecule is Cc1ccccc1OCC(=O)N(Cc1ccc(Cl)cc1)[C@@H](Cc1ccccc1)C(=O)NC(C)(C)C. The molecule has 0 saturated heterocycles. The lowest BCUT2D eigenvalue weighted by Gasteiger charge is -2.33. The van der Waals surface area contributed by atoms with Crippen LogP contribution in [-0.2, 0) is 22.6 Å². The standard InChI is InChI=1S/C29H33ClN2O3/c1-21-10-8-9-13-26(21)35-20-27(33)32(19-23-14-16-24(30)17-15-23)25(28(34)31-29(2,3)4)18-22-11-6-5-7-12-22/h5-17,25H,18-20H2,1-4H3,(H,31,34)/t25-/m0/s1. The minimum absolute atomic E-state index is 0.174. The number of amides is 2. The molecule has 0 spiro atoms. The minimum Gasteiger partial charge on any atom is -0.484 e. The summed E-state index contributed by atoms with van der Waals surface area (Å²) < 4.78 is 5.87. The Hall–Kier alpha value is -3.31. The van der Waals surface area contributed by atoms with Crippen LogP contribution >= 0.6 is 11.6 Å². The summed E-state index contributed by atoms with van der Waals surface area (Å²) >= 11 is 6.07. The van der Waals surface area contributed by atoms with E-state index in [0.717, 1.165) is 16.7 Å². The van der Waals surface area contributed by atoms with E-state index in [1.165, 1.54) is 0 Å². The number of nitrogens with zero attached hydrogens (tertiary/aromatic N) is 1. The predicted octanol–water partition coefficient (Wildman–Crippen LogP) is 5.58. The Morgan fingerprint density at radius 3 is 2.17 bits per heavy atom. The predicted molar refractivity (Wildman–Crippen MR) is 141 cm³/mol. The van der Waals surface area contributed by atoms with Crippen molar-refractivity contribution < 1.29 is 14.3 Å². The van der Waals surface area contributed by atoms with Crippen LogP contribution in [0.25, 0.3) is 0 Å². The fraction of sp³-hybridized carbons (Fsp3) is 0.310. The maximum atomic E-state index is 13.6. The van der Waals surface area contributed by atoms with Crippen LogP contribution < -0.4 is 10.1 Å². The lowest BCUT2D eigenvalue weighted by Crippen LogP contribution is -2.55. The zero-order chi connectivity index (χ0) is 25.4. The lowest BCUT2D eigenvalue weighted by molar-refractivity contribution is -0.143. The smallest absolute Gasteiger partial charge is 0.261 e. The Bertz CT molecular complexity index is 1120. The number of halogens is 1. The van der Waals surface area contributed by atoms with Crippen molar-refractivity contribution in [2.75, 3.05) is 6.61 Å². The van der Waals surface area contributed by atoms with Crippen molar-refractivity contribution >= 4 is 23.4 Å². The molecule has 5 nitrogen and oxygen atoms in total. The Morgan fingerprint density at radius 2 is 1.54 bits per heavy atom. The number of ether oxygens (including phenoxy) is 1. The van der Waals surface area contributed by atoms with Gasteiger partial charge in [0.05, 0.1) is 0 Å². The van der Waals surface area contributed by atoms with Gasteiger partial charge in [-0.15, -0.1) is 0 Å². The summed E-state index contributed by atoms with van der Waals surface area (Å²) in [5, 5.41) is 3.67. The summed E-state index contributed by atoms with van der Waals surface area (Å²) in [6, 6.07) is 23.9. The van der Waals surface area contributed by atoms with Gasteiger partial charge in [-0.25, -0.2) is 0 Å². The fourth-order valence-corrected chi connectivity index (χ4v) is 3.86. The number of rotatable bonds is 9. The van der Waals surface area contributed by atoms with Crippen molar-refractivity contribution in [1.29, 1.82) is 0 Å². The molecule has 3 aromatic carbocycles. The van der Waals surface area contributed by atoms with E-state index in [1.807, 2.05) is 94.4 Å². The Labute approximate surface area is 213 Å². The second kappa shape index (κ2) is 11.9. The van der Waals surface area contributed by atoms with Crippen molar-refractivity contribution in [2.45, 2.75) is 52.2 Å². The molecule has 0 aliphatic heterocycles. The number of hydrogen-bond acceptors (Lipinski definition) is 3. The largest absolute Gasteiger partial charge is 0.484 e. The fourth-order valence-electron chi connectivity index (χ4n) is 3.73. The van der Waals surface area contributed by atoms with Crippen LogP contribution in [0.1, 0.15) is 37.5 Å². The third kappa shape index (κ3) is 8.15. The summed E-state index contributed by atoms with van der Waals surface area (Å²) in [7, 11) is 0. The molecule has 0 bridgehead atoms. The molecule has 1 atom stereocenters. The molecule has 0 fully saturated rings. The molecule has 3 aromatic rings. The van der Waals surface area contributed by atoms with Gasteiger partial charge in [-0.2, -0.15) is 0 Å². The van der Waals surface area contributed by atoms with Gasteiger partial charge in [-0.3, -0.25) is 9.59 Å². The number of benzene rings is 3. The van der Waals surface area contributed by atoms with Crippen LogP contribution in [0.15, 0.2) is 78.9 Å². The molecule has 6 heteroatoms. The van der Waals surface area contributed by atoms with Crippen LogP contribution in [0.2, 0.25) is 5.02 Å². The maximum Gasteiger partial charge on any atom is 0.261 e. The van der Waals surface area contributed by atoms with Gasteiger partial charge in [-0.05, 0) is 62.6 Å². The third-order valence-corrected chi connectivity index (χ3v) is 5.73. The highest BCUT2D eigenvalue weighted by atomic mass is 35.5. The van der Waals surface area contributed by atoms with Gasteiger partial charge in [0.25, 0.3) is 5.91 Å². The summed E-state index contributed by atoms with van der Waals surface area (Å²) in [5.74, 6) is 0.166. The van der Waals surface area contributed by atoms with Gasteiger partial charge in [0.1, 0.15) is 11.8 Å². The van der Waals surface area contributed by atoms with Crippen molar-refractivity contribution in [2.24, 2.45) is 0 Å². The molecular weight excluding hydrogens is 460 g/mol. The highest BCUT2D eigenvalue weighted by Crippen LogP contribution is 2.20. The Kier molecular flexibility index (Phi) is 8.94. The first-order valence-corrected chi connectivity index (χ1v) is 12.1. The number of aryl methyl sites for hydroxylation is 1. The molecular formula is C29H33ClN2O3. The van der Waals surface area contributed by atoms with Crippen molar-refractivity contribution in [3.8, 4) is 5.75 Å². The van der Waals surface area contributed by atoms with Crippen LogP contribution in [0.5, 0.6) is 5.75 Å². The van der Waals surface area contributed by atoms with E-state index >= 15 is 0 Å². The number of carbonyl (C=O) groups is 2. The van der Waals surface area contributed by atoms with Gasteiger partial charge in [0.15, 0.2) is 6.61 Å². The molecule has 0 aliphatic rings. The van der Waals surface area contributed by atoms with E-state index in [-0.39, 0.29) is 25.0 Å². The van der Waals surface area contributed by atoms with Gasteiger partial charge in [0, 0.05) is 23.5 Å². The van der Waals surface area contributed by atoms with Crippen molar-refractivity contribution in [1.82, 2.24) is 10.2 Å². The summed E-state index contributed by atoms with van der Waals surface area (Å²) in [4.78, 5) is 28.7. The van der Waals surface area contributed by atoms with Gasteiger partial charge >= 0.3 is 0 Å². The van der Waals surface area contributed by atoms with E-state index in [2.05, 4.69) is 5.32 Å². The van der Waals surface area contributed by atoms with Gasteiger partial charge < -0.3 is 15.0 Å². The molecule has 184 valence electrons. The number of para-hydroxylation sites is 1. The molecule has 0 aliphatic carbocycles. The van der Waals surface area contributed by atoms with Crippen LogP contribution in [0.4, 0.5) is 0 Å². The van der Waals surface area contributed by atoms with Crippen LogP contribution in [-0.4, -0.2) is 34.9 Å². The zero-order valence-corrected chi connectivity index (χ0v) is 21.5. The number of carbonyl (C=O) groups excluding carboxylic acids is 2. The van der Waals surface area contributed by atoms with Crippen molar-refractivity contribution in [3.05, 3.63) is 101 Å². The normalized spacial score (nSPS) is 12.0. The van der Waals surface area contributed by atoms with E-state index in [0.29, 0.717) is 17.2 Å². The first-order chi connectivity index (χ1) is 16.6. The Balaban J connectivity index is 1.93. The second-order valence-corrected chi connectivity index (χ2v) is 10.1. The molecule has 0 radical (unpaired) electrons. The molecule has 0 heterocycles. The highest BCUT2D eigenvalue weighted by Gasteiger charge is 2.32. The molecule has 0 unspecified atom stereocenters. The van der Waals surface area contributed by atoms with Crippen LogP contribution in [0.3, 0.4) is 0 Å². The molecule has 1 N–H and O–H groups in total. The first-order valence-electron chi connectivity index (χ1n) is 11.7. The molecule has 0 aromatic heterocycles. The average molecular weight is 493 g/mol. The number of hydrogen-bond donors (Lipinski definition) is 1. The summed E-state index contributed by atoms with van der Waals surface area (Å²) in [6.45, 7) is 7.79. The minimum atomic E-state index is -0.722. The lowest BCUT2D eigenvalue weighted by atomic mass is 10.0. The molecule has 3 rings (SSSR count). The Morgan fingerprint density at radius 1 is 0.914 bits per heavy atom. The molecule has 2 amide bonds.